The average Bonchev–Trinajstić information content (AvgIpc) is 2.83. The Kier molecular flexibility index (Phi) is 3.58. The van der Waals surface area contributed by atoms with E-state index in [9.17, 15) is 4.79 Å². The van der Waals surface area contributed by atoms with Crippen LogP contribution in [-0.4, -0.2) is 29.6 Å². The van der Waals surface area contributed by atoms with Crippen LogP contribution in [0.5, 0.6) is 0 Å². The summed E-state index contributed by atoms with van der Waals surface area (Å²) in [7, 11) is 0. The zero-order valence-electron chi connectivity index (χ0n) is 9.85. The minimum absolute atomic E-state index is 0.212. The van der Waals surface area contributed by atoms with E-state index in [0.717, 1.165) is 25.3 Å². The van der Waals surface area contributed by atoms with Crippen molar-refractivity contribution in [3.63, 3.8) is 0 Å². The number of rotatable bonds is 4. The number of aromatic nitrogens is 1. The van der Waals surface area contributed by atoms with Crippen LogP contribution in [0.15, 0.2) is 18.3 Å². The number of carbonyl (C=O) groups excluding carboxylic acids is 1. The Balaban J connectivity index is 1.96. The number of hydrogen-bond acceptors (Lipinski definition) is 4. The van der Waals surface area contributed by atoms with Crippen LogP contribution in [0.1, 0.15) is 30.1 Å². The number of hydrogen-bond donors (Lipinski definition) is 2. The van der Waals surface area contributed by atoms with Gasteiger partial charge in [0.1, 0.15) is 5.82 Å². The monoisotopic (exact) mass is 235 g/mol. The van der Waals surface area contributed by atoms with Crippen molar-refractivity contribution >= 4 is 11.7 Å². The number of anilines is 1. The van der Waals surface area contributed by atoms with Crippen LogP contribution in [0, 0.1) is 0 Å². The lowest BCUT2D eigenvalue weighted by molar-refractivity contribution is 0.0992. The van der Waals surface area contributed by atoms with E-state index >= 15 is 0 Å². The molecule has 2 rings (SSSR count). The van der Waals surface area contributed by atoms with Crippen LogP contribution >= 0.6 is 0 Å². The Morgan fingerprint density at radius 1 is 1.65 bits per heavy atom. The van der Waals surface area contributed by atoms with Gasteiger partial charge in [-0.05, 0) is 31.9 Å². The molecule has 0 aliphatic carbocycles. The van der Waals surface area contributed by atoms with Crippen molar-refractivity contribution in [2.75, 3.05) is 11.9 Å². The van der Waals surface area contributed by atoms with E-state index in [2.05, 4.69) is 17.2 Å². The molecule has 1 aromatic rings. The highest BCUT2D eigenvalue weighted by atomic mass is 16.5. The van der Waals surface area contributed by atoms with Gasteiger partial charge in [-0.3, -0.25) is 4.79 Å². The van der Waals surface area contributed by atoms with Crippen molar-refractivity contribution in [3.8, 4) is 0 Å². The SMILES string of the molecule is CC(Nc1ccc(C(N)=O)cn1)C1CCCO1. The second kappa shape index (κ2) is 5.14. The van der Waals surface area contributed by atoms with Gasteiger partial charge < -0.3 is 15.8 Å². The molecule has 0 radical (unpaired) electrons. The molecule has 17 heavy (non-hydrogen) atoms. The number of carbonyl (C=O) groups is 1. The lowest BCUT2D eigenvalue weighted by Crippen LogP contribution is -2.30. The molecule has 2 unspecified atom stereocenters. The lowest BCUT2D eigenvalue weighted by atomic mass is 10.1. The van der Waals surface area contributed by atoms with Crippen molar-refractivity contribution in [1.82, 2.24) is 4.98 Å². The topological polar surface area (TPSA) is 77.2 Å². The van der Waals surface area contributed by atoms with E-state index in [1.807, 2.05) is 0 Å². The van der Waals surface area contributed by atoms with Crippen LogP contribution in [0.25, 0.3) is 0 Å². The summed E-state index contributed by atoms with van der Waals surface area (Å²) >= 11 is 0. The van der Waals surface area contributed by atoms with Crippen LogP contribution < -0.4 is 11.1 Å². The molecule has 1 aliphatic rings. The second-order valence-electron chi connectivity index (χ2n) is 4.28. The van der Waals surface area contributed by atoms with Crippen molar-refractivity contribution in [1.29, 1.82) is 0 Å². The lowest BCUT2D eigenvalue weighted by Gasteiger charge is -2.20. The van der Waals surface area contributed by atoms with Crippen LogP contribution in [0.3, 0.4) is 0 Å². The maximum Gasteiger partial charge on any atom is 0.250 e. The van der Waals surface area contributed by atoms with E-state index < -0.39 is 5.91 Å². The van der Waals surface area contributed by atoms with Gasteiger partial charge >= 0.3 is 0 Å². The standard InChI is InChI=1S/C12H17N3O2/c1-8(10-3-2-6-17-10)15-11-5-4-9(7-14-11)12(13)16/h4-5,7-8,10H,2-3,6H2,1H3,(H2,13,16)(H,14,15). The highest BCUT2D eigenvalue weighted by Crippen LogP contribution is 2.18. The maximum atomic E-state index is 10.9. The highest BCUT2D eigenvalue weighted by molar-refractivity contribution is 5.92. The number of amides is 1. The Labute approximate surface area is 100 Å². The molecule has 1 aromatic heterocycles. The maximum absolute atomic E-state index is 10.9. The molecule has 2 heterocycles. The molecule has 5 heteroatoms. The zero-order valence-corrected chi connectivity index (χ0v) is 9.85. The van der Waals surface area contributed by atoms with E-state index in [1.54, 1.807) is 12.1 Å². The molecular weight excluding hydrogens is 218 g/mol. The molecule has 92 valence electrons. The van der Waals surface area contributed by atoms with E-state index in [0.29, 0.717) is 5.56 Å². The first kappa shape index (κ1) is 11.9. The van der Waals surface area contributed by atoms with Crippen LogP contribution in [0.4, 0.5) is 5.82 Å². The minimum Gasteiger partial charge on any atom is -0.376 e. The third-order valence-electron chi connectivity index (χ3n) is 2.95. The molecule has 0 spiro atoms. The summed E-state index contributed by atoms with van der Waals surface area (Å²) < 4.78 is 5.58. The number of nitrogens with one attached hydrogen (secondary N) is 1. The normalized spacial score (nSPS) is 21.1. The number of nitrogens with zero attached hydrogens (tertiary/aromatic N) is 1. The van der Waals surface area contributed by atoms with Gasteiger partial charge in [0.2, 0.25) is 5.91 Å². The van der Waals surface area contributed by atoms with Crippen LogP contribution in [0.2, 0.25) is 0 Å². The van der Waals surface area contributed by atoms with E-state index in [-0.39, 0.29) is 12.1 Å². The fourth-order valence-electron chi connectivity index (χ4n) is 1.95. The molecule has 5 nitrogen and oxygen atoms in total. The molecule has 1 aliphatic heterocycles. The Morgan fingerprint density at radius 3 is 3.00 bits per heavy atom. The molecule has 3 N–H and O–H groups in total. The van der Waals surface area contributed by atoms with Crippen molar-refractivity contribution in [2.45, 2.75) is 31.9 Å². The summed E-state index contributed by atoms with van der Waals surface area (Å²) in [5.74, 6) is 0.272. The molecule has 0 aromatic carbocycles. The third kappa shape index (κ3) is 2.94. The Morgan fingerprint density at radius 2 is 2.47 bits per heavy atom. The second-order valence-corrected chi connectivity index (χ2v) is 4.28. The average molecular weight is 235 g/mol. The van der Waals surface area contributed by atoms with Gasteiger partial charge in [-0.2, -0.15) is 0 Å². The molecule has 0 bridgehead atoms. The smallest absolute Gasteiger partial charge is 0.250 e. The molecular formula is C12H17N3O2. The Hall–Kier alpha value is -1.62. The summed E-state index contributed by atoms with van der Waals surface area (Å²) in [5, 5.41) is 3.26. The quantitative estimate of drug-likeness (QED) is 0.821. The van der Waals surface area contributed by atoms with Crippen molar-refractivity contribution in [3.05, 3.63) is 23.9 Å². The highest BCUT2D eigenvalue weighted by Gasteiger charge is 2.22. The van der Waals surface area contributed by atoms with Gasteiger partial charge in [0, 0.05) is 12.8 Å². The summed E-state index contributed by atoms with van der Waals surface area (Å²) in [6, 6.07) is 3.63. The van der Waals surface area contributed by atoms with Gasteiger partial charge in [-0.25, -0.2) is 4.98 Å². The van der Waals surface area contributed by atoms with Gasteiger partial charge in [0.05, 0.1) is 17.7 Å². The molecule has 1 saturated heterocycles. The van der Waals surface area contributed by atoms with Gasteiger partial charge in [0.15, 0.2) is 0 Å². The van der Waals surface area contributed by atoms with Crippen LogP contribution in [-0.2, 0) is 4.74 Å². The summed E-state index contributed by atoms with van der Waals surface area (Å²) in [6.07, 6.45) is 3.91. The fraction of sp³-hybridized carbons (Fsp3) is 0.500. The summed E-state index contributed by atoms with van der Waals surface area (Å²) in [4.78, 5) is 15.0. The molecule has 0 saturated carbocycles. The van der Waals surface area contributed by atoms with Gasteiger partial charge in [-0.15, -0.1) is 0 Å². The minimum atomic E-state index is -0.462. The number of ether oxygens (including phenoxy) is 1. The molecule has 2 atom stereocenters. The fourth-order valence-corrected chi connectivity index (χ4v) is 1.95. The van der Waals surface area contributed by atoms with Gasteiger partial charge in [-0.1, -0.05) is 0 Å². The van der Waals surface area contributed by atoms with Gasteiger partial charge in [0.25, 0.3) is 0 Å². The first-order chi connectivity index (χ1) is 8.16. The van der Waals surface area contributed by atoms with E-state index in [1.165, 1.54) is 6.20 Å². The molecule has 1 amide bonds. The molecule has 1 fully saturated rings. The predicted octanol–water partition coefficient (Wildman–Crippen LogP) is 1.16. The number of pyridine rings is 1. The summed E-state index contributed by atoms with van der Waals surface area (Å²) in [6.45, 7) is 2.91. The summed E-state index contributed by atoms with van der Waals surface area (Å²) in [5.41, 5.74) is 5.56. The number of nitrogens with two attached hydrogens (primary N) is 1. The zero-order chi connectivity index (χ0) is 12.3. The van der Waals surface area contributed by atoms with Crippen molar-refractivity contribution < 1.29 is 9.53 Å². The third-order valence-corrected chi connectivity index (χ3v) is 2.95. The van der Waals surface area contributed by atoms with Crippen molar-refractivity contribution in [2.24, 2.45) is 5.73 Å². The Bertz CT molecular complexity index is 385. The first-order valence-corrected chi connectivity index (χ1v) is 5.81. The largest absolute Gasteiger partial charge is 0.376 e. The predicted molar refractivity (Wildman–Crippen MR) is 64.8 cm³/mol. The number of primary amides is 1. The van der Waals surface area contributed by atoms with E-state index in [4.69, 9.17) is 10.5 Å². The first-order valence-electron chi connectivity index (χ1n) is 5.81.